The summed E-state index contributed by atoms with van der Waals surface area (Å²) in [5, 5.41) is 11.8. The van der Waals surface area contributed by atoms with Gasteiger partial charge < -0.3 is 5.32 Å². The lowest BCUT2D eigenvalue weighted by Crippen LogP contribution is -2.27. The summed E-state index contributed by atoms with van der Waals surface area (Å²) in [6, 6.07) is 0. The number of nitrogens with zero attached hydrogens (tertiary/aromatic N) is 1. The zero-order chi connectivity index (χ0) is 23.3. The van der Waals surface area contributed by atoms with Gasteiger partial charge in [0, 0.05) is 19.4 Å². The number of hydrogen-bond donors (Lipinski definition) is 2. The molecular formula is C24H42N2O4S. The molecule has 178 valence electrons. The number of carbonyl (C=O) groups is 3. The summed E-state index contributed by atoms with van der Waals surface area (Å²) in [5.41, 5.74) is 0. The third kappa shape index (κ3) is 15.9. The Morgan fingerprint density at radius 1 is 1.06 bits per heavy atom. The largest absolute Gasteiger partial charge is 0.356 e. The molecule has 1 rings (SSSR count). The number of hydrogen-bond acceptors (Lipinski definition) is 5. The summed E-state index contributed by atoms with van der Waals surface area (Å²) in [6.07, 6.45) is 19.5. The highest BCUT2D eigenvalue weighted by atomic mass is 32.2. The Balaban J connectivity index is 0.000000582. The molecular weight excluding hydrogens is 412 g/mol. The van der Waals surface area contributed by atoms with Crippen LogP contribution in [0.25, 0.3) is 0 Å². The molecule has 1 aliphatic heterocycles. The molecule has 0 aromatic rings. The van der Waals surface area contributed by atoms with Crippen molar-refractivity contribution in [2.75, 3.05) is 12.3 Å². The summed E-state index contributed by atoms with van der Waals surface area (Å²) in [4.78, 5) is 33.6. The van der Waals surface area contributed by atoms with E-state index in [-0.39, 0.29) is 22.6 Å². The van der Waals surface area contributed by atoms with Gasteiger partial charge in [-0.25, -0.2) is 0 Å². The average molecular weight is 455 g/mol. The molecule has 0 aliphatic carbocycles. The topological polar surface area (TPSA) is 86.7 Å². The molecule has 3 amide bonds. The maximum absolute atomic E-state index is 11.3. The van der Waals surface area contributed by atoms with E-state index in [2.05, 4.69) is 25.1 Å². The highest BCUT2D eigenvalue weighted by molar-refractivity contribution is 8.00. The van der Waals surface area contributed by atoms with Crippen molar-refractivity contribution in [3.63, 3.8) is 0 Å². The first-order chi connectivity index (χ1) is 15.0. The Kier molecular flexibility index (Phi) is 19.4. The van der Waals surface area contributed by atoms with Crippen molar-refractivity contribution in [1.82, 2.24) is 10.4 Å². The van der Waals surface area contributed by atoms with Crippen LogP contribution in [0.1, 0.15) is 104 Å². The van der Waals surface area contributed by atoms with Gasteiger partial charge in [0.25, 0.3) is 11.8 Å². The maximum Gasteiger partial charge on any atom is 0.266 e. The van der Waals surface area contributed by atoms with Gasteiger partial charge in [-0.1, -0.05) is 65.2 Å². The number of terminal acetylenes is 1. The van der Waals surface area contributed by atoms with E-state index in [1.165, 1.54) is 63.1 Å². The molecule has 1 saturated heterocycles. The molecule has 1 heterocycles. The summed E-state index contributed by atoms with van der Waals surface area (Å²) in [5.74, 6) is 2.63. The van der Waals surface area contributed by atoms with E-state index < -0.39 is 11.8 Å². The van der Waals surface area contributed by atoms with Gasteiger partial charge in [-0.3, -0.25) is 19.6 Å². The maximum atomic E-state index is 11.3. The molecule has 7 heteroatoms. The monoisotopic (exact) mass is 454 g/mol. The molecule has 0 aromatic heterocycles. The van der Waals surface area contributed by atoms with Crippen molar-refractivity contribution >= 4 is 29.5 Å². The van der Waals surface area contributed by atoms with Gasteiger partial charge in [-0.2, -0.15) is 5.06 Å². The summed E-state index contributed by atoms with van der Waals surface area (Å²) >= 11 is 1.49. The summed E-state index contributed by atoms with van der Waals surface area (Å²) < 4.78 is 0. The van der Waals surface area contributed by atoms with Crippen LogP contribution in [0.2, 0.25) is 0 Å². The smallest absolute Gasteiger partial charge is 0.266 e. The van der Waals surface area contributed by atoms with Crippen molar-refractivity contribution in [2.45, 2.75) is 109 Å². The Labute approximate surface area is 193 Å². The molecule has 0 bridgehead atoms. The second-order valence-corrected chi connectivity index (χ2v) is 9.15. The van der Waals surface area contributed by atoms with Gasteiger partial charge in [-0.15, -0.1) is 24.1 Å². The van der Waals surface area contributed by atoms with Crippen molar-refractivity contribution in [3.8, 4) is 12.3 Å². The molecule has 1 atom stereocenters. The molecule has 0 saturated carbocycles. The van der Waals surface area contributed by atoms with Gasteiger partial charge in [0.15, 0.2) is 0 Å². The Bertz CT molecular complexity index is 548. The average Bonchev–Trinajstić information content (AvgIpc) is 3.00. The highest BCUT2D eigenvalue weighted by Crippen LogP contribution is 2.25. The van der Waals surface area contributed by atoms with Crippen LogP contribution in [0.4, 0.5) is 0 Å². The molecule has 0 radical (unpaired) electrons. The van der Waals surface area contributed by atoms with Crippen molar-refractivity contribution in [1.29, 1.82) is 0 Å². The van der Waals surface area contributed by atoms with Gasteiger partial charge in [0.2, 0.25) is 5.91 Å². The van der Waals surface area contributed by atoms with E-state index in [0.717, 1.165) is 31.6 Å². The number of imide groups is 1. The van der Waals surface area contributed by atoms with Crippen LogP contribution in [-0.4, -0.2) is 45.5 Å². The van der Waals surface area contributed by atoms with E-state index in [1.807, 2.05) is 0 Å². The Morgan fingerprint density at radius 2 is 1.68 bits per heavy atom. The number of rotatable bonds is 16. The molecule has 31 heavy (non-hydrogen) atoms. The first-order valence-electron chi connectivity index (χ1n) is 11.8. The zero-order valence-electron chi connectivity index (χ0n) is 19.5. The Morgan fingerprint density at radius 3 is 2.23 bits per heavy atom. The number of nitrogens with one attached hydrogen (secondary N) is 1. The SMILES string of the molecule is C#CCCCC(=O)NCCCCCCC.CCCCCCCSC1CC(=O)N(O)C1=O. The van der Waals surface area contributed by atoms with E-state index >= 15 is 0 Å². The zero-order valence-corrected chi connectivity index (χ0v) is 20.3. The van der Waals surface area contributed by atoms with Crippen LogP contribution in [-0.2, 0) is 14.4 Å². The standard InChI is InChI=1S/C13H23NO.C11H19NO3S/c1-3-5-7-8-10-12-14-13(15)11-9-6-4-2;1-2-3-4-5-6-7-16-9-8-10(13)12(15)11(9)14/h2H,3,5-12H2,1H3,(H,14,15);9,15H,2-8H2,1H3. The number of amides is 3. The number of carbonyl (C=O) groups excluding carboxylic acids is 3. The third-order valence-electron chi connectivity index (χ3n) is 4.97. The second kappa shape index (κ2) is 20.4. The molecule has 1 fully saturated rings. The van der Waals surface area contributed by atoms with Crippen LogP contribution < -0.4 is 5.32 Å². The van der Waals surface area contributed by atoms with Crippen molar-refractivity contribution < 1.29 is 19.6 Å². The van der Waals surface area contributed by atoms with Crippen LogP contribution in [0.3, 0.4) is 0 Å². The van der Waals surface area contributed by atoms with Gasteiger partial charge in [0.1, 0.15) is 0 Å². The fourth-order valence-electron chi connectivity index (χ4n) is 3.05. The lowest BCUT2D eigenvalue weighted by molar-refractivity contribution is -0.170. The molecule has 0 spiro atoms. The second-order valence-electron chi connectivity index (χ2n) is 7.84. The van der Waals surface area contributed by atoms with Gasteiger partial charge in [0.05, 0.1) is 11.7 Å². The predicted octanol–water partition coefficient (Wildman–Crippen LogP) is 5.08. The normalized spacial score (nSPS) is 15.4. The van der Waals surface area contributed by atoms with Crippen molar-refractivity contribution in [2.24, 2.45) is 0 Å². The van der Waals surface area contributed by atoms with Crippen LogP contribution in [0, 0.1) is 12.3 Å². The lowest BCUT2D eigenvalue weighted by Gasteiger charge is -2.06. The Hall–Kier alpha value is -1.52. The quantitative estimate of drug-likeness (QED) is 0.147. The molecule has 1 aliphatic rings. The predicted molar refractivity (Wildman–Crippen MR) is 128 cm³/mol. The minimum absolute atomic E-state index is 0.140. The van der Waals surface area contributed by atoms with Crippen LogP contribution in [0.15, 0.2) is 0 Å². The number of hydroxylamine groups is 2. The van der Waals surface area contributed by atoms with Gasteiger partial charge >= 0.3 is 0 Å². The lowest BCUT2D eigenvalue weighted by atomic mass is 10.1. The third-order valence-corrected chi connectivity index (χ3v) is 6.27. The summed E-state index contributed by atoms with van der Waals surface area (Å²) in [7, 11) is 0. The van der Waals surface area contributed by atoms with Crippen molar-refractivity contribution in [3.05, 3.63) is 0 Å². The number of unbranched alkanes of at least 4 members (excludes halogenated alkanes) is 9. The molecule has 1 unspecified atom stereocenters. The van der Waals surface area contributed by atoms with Crippen LogP contribution >= 0.6 is 11.8 Å². The van der Waals surface area contributed by atoms with Gasteiger partial charge in [-0.05, 0) is 25.0 Å². The molecule has 2 N–H and O–H groups in total. The summed E-state index contributed by atoms with van der Waals surface area (Å²) in [6.45, 7) is 5.19. The number of thioether (sulfide) groups is 1. The van der Waals surface area contributed by atoms with E-state index in [4.69, 9.17) is 11.6 Å². The van der Waals surface area contributed by atoms with Crippen LogP contribution in [0.5, 0.6) is 0 Å². The van der Waals surface area contributed by atoms with E-state index in [0.29, 0.717) is 12.8 Å². The first kappa shape index (κ1) is 29.5. The van der Waals surface area contributed by atoms with E-state index in [1.54, 1.807) is 0 Å². The van der Waals surface area contributed by atoms with E-state index in [9.17, 15) is 14.4 Å². The fraction of sp³-hybridized carbons (Fsp3) is 0.792. The minimum Gasteiger partial charge on any atom is -0.356 e. The molecule has 0 aromatic carbocycles. The first-order valence-corrected chi connectivity index (χ1v) is 12.9. The highest BCUT2D eigenvalue weighted by Gasteiger charge is 2.37. The minimum atomic E-state index is -0.478. The molecule has 6 nitrogen and oxygen atoms in total. The fourth-order valence-corrected chi connectivity index (χ4v) is 4.21.